The Kier molecular flexibility index (Phi) is 3.29. The van der Waals surface area contributed by atoms with Crippen LogP contribution in [0.4, 0.5) is 4.39 Å². The highest BCUT2D eigenvalue weighted by atomic mass is 32.1. The summed E-state index contributed by atoms with van der Waals surface area (Å²) >= 11 is 1.44. The summed E-state index contributed by atoms with van der Waals surface area (Å²) < 4.78 is 18.4. The number of nitrogens with two attached hydrogens (primary N) is 1. The number of aromatic nitrogens is 3. The van der Waals surface area contributed by atoms with E-state index in [1.807, 2.05) is 5.38 Å². The second-order valence-electron chi connectivity index (χ2n) is 4.22. The van der Waals surface area contributed by atoms with Gasteiger partial charge in [0.05, 0.1) is 0 Å². The maximum atomic E-state index is 13.2. The van der Waals surface area contributed by atoms with Crippen LogP contribution in [0, 0.1) is 12.7 Å². The summed E-state index contributed by atoms with van der Waals surface area (Å²) in [6.07, 6.45) is 0. The lowest BCUT2D eigenvalue weighted by Gasteiger charge is -1.97. The summed E-state index contributed by atoms with van der Waals surface area (Å²) in [6, 6.07) is 4.68. The second-order valence-corrected chi connectivity index (χ2v) is 5.16. The van der Waals surface area contributed by atoms with Crippen molar-refractivity contribution in [2.75, 3.05) is 0 Å². The Balaban J connectivity index is 1.95. The molecular formula is C13H11FN4OS. The van der Waals surface area contributed by atoms with E-state index in [1.54, 1.807) is 19.1 Å². The summed E-state index contributed by atoms with van der Waals surface area (Å²) in [5.41, 5.74) is 7.36. The summed E-state index contributed by atoms with van der Waals surface area (Å²) in [5, 5.41) is 6.51. The molecule has 3 aromatic rings. The van der Waals surface area contributed by atoms with Crippen molar-refractivity contribution in [2.45, 2.75) is 13.5 Å². The Morgan fingerprint density at radius 1 is 1.35 bits per heavy atom. The van der Waals surface area contributed by atoms with Crippen molar-refractivity contribution in [3.05, 3.63) is 40.0 Å². The summed E-state index contributed by atoms with van der Waals surface area (Å²) in [5.74, 6) is 0.480. The SMILES string of the molecule is Cc1cc(-c2noc(-c3csc(CN)n3)n2)ccc1F. The predicted octanol–water partition coefficient (Wildman–Crippen LogP) is 2.77. The molecule has 2 aromatic heterocycles. The first-order valence-corrected chi connectivity index (χ1v) is 6.80. The van der Waals surface area contributed by atoms with Crippen LogP contribution in [0.5, 0.6) is 0 Å². The number of aryl methyl sites for hydroxylation is 1. The van der Waals surface area contributed by atoms with E-state index in [0.29, 0.717) is 35.1 Å². The standard InChI is InChI=1S/C13H11FN4OS/c1-7-4-8(2-3-9(7)14)12-17-13(19-18-12)10-6-20-11(5-15)16-10/h2-4,6H,5,15H2,1H3. The minimum atomic E-state index is -0.260. The van der Waals surface area contributed by atoms with Gasteiger partial charge in [0, 0.05) is 17.5 Å². The van der Waals surface area contributed by atoms with Gasteiger partial charge in [0.1, 0.15) is 16.5 Å². The van der Waals surface area contributed by atoms with Crippen molar-refractivity contribution in [3.8, 4) is 23.0 Å². The molecule has 2 N–H and O–H groups in total. The molecule has 20 heavy (non-hydrogen) atoms. The number of nitrogens with zero attached hydrogens (tertiary/aromatic N) is 3. The molecule has 7 heteroatoms. The third-order valence-electron chi connectivity index (χ3n) is 2.79. The summed E-state index contributed by atoms with van der Waals surface area (Å²) in [4.78, 5) is 8.55. The van der Waals surface area contributed by atoms with Gasteiger partial charge in [0.2, 0.25) is 5.82 Å². The van der Waals surface area contributed by atoms with Crippen LogP contribution < -0.4 is 5.73 Å². The van der Waals surface area contributed by atoms with E-state index in [0.717, 1.165) is 5.01 Å². The third kappa shape index (κ3) is 2.33. The van der Waals surface area contributed by atoms with Crippen LogP contribution in [0.2, 0.25) is 0 Å². The Morgan fingerprint density at radius 3 is 2.90 bits per heavy atom. The molecule has 5 nitrogen and oxygen atoms in total. The van der Waals surface area contributed by atoms with Crippen molar-refractivity contribution in [1.82, 2.24) is 15.1 Å². The lowest BCUT2D eigenvalue weighted by molar-refractivity contribution is 0.431. The van der Waals surface area contributed by atoms with Crippen molar-refractivity contribution in [2.24, 2.45) is 5.73 Å². The smallest absolute Gasteiger partial charge is 0.277 e. The molecule has 0 aliphatic carbocycles. The monoisotopic (exact) mass is 290 g/mol. The number of thiazole rings is 1. The van der Waals surface area contributed by atoms with Gasteiger partial charge < -0.3 is 10.3 Å². The van der Waals surface area contributed by atoms with Crippen molar-refractivity contribution in [1.29, 1.82) is 0 Å². The zero-order valence-corrected chi connectivity index (χ0v) is 11.4. The van der Waals surface area contributed by atoms with Gasteiger partial charge in [-0.2, -0.15) is 4.98 Å². The van der Waals surface area contributed by atoms with Crippen LogP contribution in [0.15, 0.2) is 28.1 Å². The molecule has 0 radical (unpaired) electrons. The number of halogens is 1. The van der Waals surface area contributed by atoms with E-state index in [2.05, 4.69) is 15.1 Å². The minimum Gasteiger partial charge on any atom is -0.332 e. The first-order chi connectivity index (χ1) is 9.67. The third-order valence-corrected chi connectivity index (χ3v) is 3.66. The van der Waals surface area contributed by atoms with Gasteiger partial charge in [-0.05, 0) is 30.7 Å². The van der Waals surface area contributed by atoms with Gasteiger partial charge in [0.15, 0.2) is 0 Å². The van der Waals surface area contributed by atoms with Crippen LogP contribution >= 0.6 is 11.3 Å². The van der Waals surface area contributed by atoms with E-state index in [4.69, 9.17) is 10.3 Å². The minimum absolute atomic E-state index is 0.260. The first kappa shape index (κ1) is 12.9. The highest BCUT2D eigenvalue weighted by molar-refractivity contribution is 7.09. The van der Waals surface area contributed by atoms with Gasteiger partial charge in [-0.25, -0.2) is 9.37 Å². The average Bonchev–Trinajstić information content (AvgIpc) is 3.09. The normalized spacial score (nSPS) is 10.9. The van der Waals surface area contributed by atoms with Gasteiger partial charge in [-0.15, -0.1) is 11.3 Å². The molecular weight excluding hydrogens is 279 g/mol. The summed E-state index contributed by atoms with van der Waals surface area (Å²) in [6.45, 7) is 2.07. The van der Waals surface area contributed by atoms with Crippen LogP contribution in [0.1, 0.15) is 10.6 Å². The summed E-state index contributed by atoms with van der Waals surface area (Å²) in [7, 11) is 0. The maximum absolute atomic E-state index is 13.2. The molecule has 0 unspecified atom stereocenters. The van der Waals surface area contributed by atoms with Gasteiger partial charge in [-0.3, -0.25) is 0 Å². The fourth-order valence-electron chi connectivity index (χ4n) is 1.73. The average molecular weight is 290 g/mol. The predicted molar refractivity (Wildman–Crippen MR) is 73.4 cm³/mol. The quantitative estimate of drug-likeness (QED) is 0.802. The van der Waals surface area contributed by atoms with E-state index in [-0.39, 0.29) is 5.82 Å². The molecule has 0 aliphatic heterocycles. The second kappa shape index (κ2) is 5.10. The molecule has 1 aromatic carbocycles. The Morgan fingerprint density at radius 2 is 2.20 bits per heavy atom. The van der Waals surface area contributed by atoms with Crippen LogP contribution in [0.25, 0.3) is 23.0 Å². The molecule has 0 bridgehead atoms. The Labute approximate surface area is 118 Å². The molecule has 0 aliphatic rings. The van der Waals surface area contributed by atoms with Crippen molar-refractivity contribution in [3.63, 3.8) is 0 Å². The van der Waals surface area contributed by atoms with Crippen molar-refractivity contribution < 1.29 is 8.91 Å². The molecule has 0 saturated carbocycles. The zero-order chi connectivity index (χ0) is 14.1. The Bertz CT molecular complexity index is 752. The number of hydrogen-bond donors (Lipinski definition) is 1. The molecule has 0 amide bonds. The van der Waals surface area contributed by atoms with Crippen LogP contribution in [0.3, 0.4) is 0 Å². The van der Waals surface area contributed by atoms with Gasteiger partial charge in [0.25, 0.3) is 5.89 Å². The fraction of sp³-hybridized carbons (Fsp3) is 0.154. The van der Waals surface area contributed by atoms with E-state index >= 15 is 0 Å². The first-order valence-electron chi connectivity index (χ1n) is 5.92. The molecule has 3 rings (SSSR count). The molecule has 0 saturated heterocycles. The highest BCUT2D eigenvalue weighted by Crippen LogP contribution is 2.24. The van der Waals surface area contributed by atoms with E-state index in [9.17, 15) is 4.39 Å². The number of hydrogen-bond acceptors (Lipinski definition) is 6. The molecule has 2 heterocycles. The number of benzene rings is 1. The molecule has 102 valence electrons. The lowest BCUT2D eigenvalue weighted by atomic mass is 10.1. The fourth-order valence-corrected chi connectivity index (χ4v) is 2.38. The molecule has 0 fully saturated rings. The van der Waals surface area contributed by atoms with Crippen molar-refractivity contribution >= 4 is 11.3 Å². The lowest BCUT2D eigenvalue weighted by Crippen LogP contribution is -1.94. The largest absolute Gasteiger partial charge is 0.332 e. The zero-order valence-electron chi connectivity index (χ0n) is 10.6. The van der Waals surface area contributed by atoms with Crippen LogP contribution in [-0.4, -0.2) is 15.1 Å². The van der Waals surface area contributed by atoms with Crippen LogP contribution in [-0.2, 0) is 6.54 Å². The Hall–Kier alpha value is -2.12. The number of rotatable bonds is 3. The van der Waals surface area contributed by atoms with Gasteiger partial charge in [-0.1, -0.05) is 5.16 Å². The molecule has 0 spiro atoms. The molecule has 0 atom stereocenters. The van der Waals surface area contributed by atoms with Gasteiger partial charge >= 0.3 is 0 Å². The maximum Gasteiger partial charge on any atom is 0.277 e. The van der Waals surface area contributed by atoms with E-state index < -0.39 is 0 Å². The van der Waals surface area contributed by atoms with E-state index in [1.165, 1.54) is 17.4 Å². The topological polar surface area (TPSA) is 77.8 Å². The highest BCUT2D eigenvalue weighted by Gasteiger charge is 2.14.